The molecule has 2 aromatic carbocycles. The molecule has 1 aliphatic carbocycles. The highest BCUT2D eigenvalue weighted by Crippen LogP contribution is 2.48. The van der Waals surface area contributed by atoms with E-state index < -0.39 is 0 Å². The van der Waals surface area contributed by atoms with E-state index in [4.69, 9.17) is 4.74 Å². The minimum atomic E-state index is 0.0136. The Morgan fingerprint density at radius 2 is 1.92 bits per heavy atom. The Hall–Kier alpha value is -2.49. The highest BCUT2D eigenvalue weighted by molar-refractivity contribution is 5.94. The second-order valence-electron chi connectivity index (χ2n) is 6.70. The van der Waals surface area contributed by atoms with Gasteiger partial charge in [0.25, 0.3) is 0 Å². The molecule has 0 radical (unpaired) electrons. The highest BCUT2D eigenvalue weighted by Gasteiger charge is 2.44. The van der Waals surface area contributed by atoms with Crippen LogP contribution < -0.4 is 15.0 Å². The number of urea groups is 1. The maximum absolute atomic E-state index is 12.6. The number of rotatable bonds is 4. The number of carbonyl (C=O) groups is 1. The molecule has 0 spiro atoms. The number of hydrogen-bond acceptors (Lipinski definition) is 2. The minimum absolute atomic E-state index is 0.0136. The number of methoxy groups -OCH3 is 1. The number of nitrogens with one attached hydrogen (secondary N) is 1. The Morgan fingerprint density at radius 1 is 1.17 bits per heavy atom. The summed E-state index contributed by atoms with van der Waals surface area (Å²) in [5.41, 5.74) is 3.68. The second-order valence-corrected chi connectivity index (χ2v) is 6.70. The molecule has 4 heteroatoms. The van der Waals surface area contributed by atoms with Crippen molar-refractivity contribution in [2.75, 3.05) is 25.1 Å². The first-order valence-electron chi connectivity index (χ1n) is 8.50. The average molecular weight is 322 g/mol. The molecule has 0 atom stereocenters. The van der Waals surface area contributed by atoms with Gasteiger partial charge in [-0.3, -0.25) is 4.90 Å². The number of benzene rings is 2. The third-order valence-electron chi connectivity index (χ3n) is 5.27. The number of fused-ring (bicyclic) bond motifs is 1. The van der Waals surface area contributed by atoms with E-state index in [1.807, 2.05) is 35.2 Å². The Bertz CT molecular complexity index is 750. The van der Waals surface area contributed by atoms with Gasteiger partial charge in [0.2, 0.25) is 0 Å². The Labute approximate surface area is 142 Å². The number of nitrogens with zero attached hydrogens (tertiary/aromatic N) is 1. The van der Waals surface area contributed by atoms with E-state index in [2.05, 4.69) is 23.5 Å². The first-order valence-corrected chi connectivity index (χ1v) is 8.50. The van der Waals surface area contributed by atoms with Crippen LogP contribution in [0.2, 0.25) is 0 Å². The van der Waals surface area contributed by atoms with Crippen LogP contribution in [0.15, 0.2) is 48.5 Å². The van der Waals surface area contributed by atoms with E-state index in [9.17, 15) is 4.79 Å². The lowest BCUT2D eigenvalue weighted by atomic mass is 9.96. The quantitative estimate of drug-likeness (QED) is 0.936. The van der Waals surface area contributed by atoms with Crippen LogP contribution in [0.1, 0.15) is 24.0 Å². The van der Waals surface area contributed by atoms with Crippen molar-refractivity contribution in [3.8, 4) is 5.75 Å². The van der Waals surface area contributed by atoms with E-state index in [-0.39, 0.29) is 11.4 Å². The van der Waals surface area contributed by atoms with Gasteiger partial charge in [0.15, 0.2) is 0 Å². The SMILES string of the molecule is COc1ccc(C2(CNC(=O)N3CCc4ccccc43)CC2)cc1. The highest BCUT2D eigenvalue weighted by atomic mass is 16.5. The lowest BCUT2D eigenvalue weighted by Gasteiger charge is -2.22. The molecule has 0 saturated heterocycles. The van der Waals surface area contributed by atoms with E-state index in [1.54, 1.807) is 7.11 Å². The fraction of sp³-hybridized carbons (Fsp3) is 0.350. The lowest BCUT2D eigenvalue weighted by Crippen LogP contribution is -2.42. The summed E-state index contributed by atoms with van der Waals surface area (Å²) < 4.78 is 5.22. The molecule has 0 unspecified atom stereocenters. The monoisotopic (exact) mass is 322 g/mol. The zero-order valence-corrected chi connectivity index (χ0v) is 13.9. The number of hydrogen-bond donors (Lipinski definition) is 1. The predicted molar refractivity (Wildman–Crippen MR) is 94.8 cm³/mol. The van der Waals surface area contributed by atoms with Gasteiger partial charge in [0.1, 0.15) is 5.75 Å². The standard InChI is InChI=1S/C20H22N2O2/c1-24-17-8-6-16(7-9-17)20(11-12-20)14-21-19(23)22-13-10-15-4-2-3-5-18(15)22/h2-9H,10-14H2,1H3,(H,21,23). The van der Waals surface area contributed by atoms with Gasteiger partial charge in [-0.1, -0.05) is 30.3 Å². The van der Waals surface area contributed by atoms with Crippen LogP contribution in [-0.4, -0.2) is 26.2 Å². The van der Waals surface area contributed by atoms with Gasteiger partial charge in [-0.15, -0.1) is 0 Å². The molecular formula is C20H22N2O2. The molecule has 1 N–H and O–H groups in total. The zero-order chi connectivity index (χ0) is 16.6. The smallest absolute Gasteiger partial charge is 0.321 e. The molecular weight excluding hydrogens is 300 g/mol. The number of ether oxygens (including phenoxy) is 1. The van der Waals surface area contributed by atoms with Crippen molar-refractivity contribution in [2.24, 2.45) is 0 Å². The molecule has 1 fully saturated rings. The van der Waals surface area contributed by atoms with Gasteiger partial charge in [0, 0.05) is 24.2 Å². The topological polar surface area (TPSA) is 41.6 Å². The summed E-state index contributed by atoms with van der Waals surface area (Å²) in [6.45, 7) is 1.46. The van der Waals surface area contributed by atoms with Crippen molar-refractivity contribution in [3.05, 3.63) is 59.7 Å². The summed E-state index contributed by atoms with van der Waals surface area (Å²) in [4.78, 5) is 14.5. The van der Waals surface area contributed by atoms with Crippen LogP contribution in [0.5, 0.6) is 5.75 Å². The first-order chi connectivity index (χ1) is 11.7. The summed E-state index contributed by atoms with van der Waals surface area (Å²) in [5.74, 6) is 0.868. The van der Waals surface area contributed by atoms with Crippen molar-refractivity contribution in [1.29, 1.82) is 0 Å². The van der Waals surface area contributed by atoms with Crippen LogP contribution in [0.3, 0.4) is 0 Å². The predicted octanol–water partition coefficient (Wildman–Crippen LogP) is 3.50. The Kier molecular flexibility index (Phi) is 3.68. The summed E-state index contributed by atoms with van der Waals surface area (Å²) in [6, 6.07) is 16.4. The molecule has 0 aromatic heterocycles. The molecule has 124 valence electrons. The summed E-state index contributed by atoms with van der Waals surface area (Å²) in [7, 11) is 1.68. The maximum atomic E-state index is 12.6. The van der Waals surface area contributed by atoms with Crippen LogP contribution >= 0.6 is 0 Å². The molecule has 0 bridgehead atoms. The molecule has 24 heavy (non-hydrogen) atoms. The molecule has 1 heterocycles. The van der Waals surface area contributed by atoms with Crippen molar-refractivity contribution in [1.82, 2.24) is 5.32 Å². The normalized spacial score (nSPS) is 17.3. The van der Waals surface area contributed by atoms with E-state index >= 15 is 0 Å². The third kappa shape index (κ3) is 2.62. The fourth-order valence-corrected chi connectivity index (χ4v) is 3.55. The van der Waals surface area contributed by atoms with Crippen molar-refractivity contribution in [2.45, 2.75) is 24.7 Å². The number of carbonyl (C=O) groups excluding carboxylic acids is 1. The van der Waals surface area contributed by atoms with E-state index in [0.29, 0.717) is 6.54 Å². The zero-order valence-electron chi connectivity index (χ0n) is 13.9. The summed E-state index contributed by atoms with van der Waals surface area (Å²) in [5, 5.41) is 3.15. The molecule has 4 rings (SSSR count). The van der Waals surface area contributed by atoms with Crippen molar-refractivity contribution in [3.63, 3.8) is 0 Å². The Balaban J connectivity index is 1.42. The summed E-state index contributed by atoms with van der Waals surface area (Å²) >= 11 is 0. The maximum Gasteiger partial charge on any atom is 0.321 e. The van der Waals surface area contributed by atoms with Crippen molar-refractivity contribution >= 4 is 11.7 Å². The van der Waals surface area contributed by atoms with Crippen molar-refractivity contribution < 1.29 is 9.53 Å². The molecule has 1 saturated carbocycles. The van der Waals surface area contributed by atoms with Crippen LogP contribution in [0.25, 0.3) is 0 Å². The molecule has 2 aliphatic rings. The van der Waals surface area contributed by atoms with Gasteiger partial charge in [-0.25, -0.2) is 4.79 Å². The summed E-state index contributed by atoms with van der Waals surface area (Å²) in [6.07, 6.45) is 3.18. The van der Waals surface area contributed by atoms with E-state index in [0.717, 1.165) is 37.2 Å². The number of anilines is 1. The van der Waals surface area contributed by atoms with Crippen LogP contribution in [0, 0.1) is 0 Å². The van der Waals surface area contributed by atoms with Crippen LogP contribution in [0.4, 0.5) is 10.5 Å². The second kappa shape index (κ2) is 5.86. The fourth-order valence-electron chi connectivity index (χ4n) is 3.55. The van der Waals surface area contributed by atoms with Gasteiger partial charge in [-0.2, -0.15) is 0 Å². The largest absolute Gasteiger partial charge is 0.497 e. The lowest BCUT2D eigenvalue weighted by molar-refractivity contribution is 0.245. The average Bonchev–Trinajstić information content (AvgIpc) is 3.31. The van der Waals surface area contributed by atoms with Gasteiger partial charge in [-0.05, 0) is 48.6 Å². The number of para-hydroxylation sites is 1. The molecule has 1 aliphatic heterocycles. The van der Waals surface area contributed by atoms with Gasteiger partial charge < -0.3 is 10.1 Å². The molecule has 2 amide bonds. The first kappa shape index (κ1) is 15.1. The number of amides is 2. The van der Waals surface area contributed by atoms with E-state index in [1.165, 1.54) is 11.1 Å². The van der Waals surface area contributed by atoms with Gasteiger partial charge >= 0.3 is 6.03 Å². The van der Waals surface area contributed by atoms with Gasteiger partial charge in [0.05, 0.1) is 7.11 Å². The minimum Gasteiger partial charge on any atom is -0.497 e. The van der Waals surface area contributed by atoms with Crippen LogP contribution in [-0.2, 0) is 11.8 Å². The Morgan fingerprint density at radius 3 is 2.62 bits per heavy atom. The molecule has 4 nitrogen and oxygen atoms in total. The molecule has 2 aromatic rings. The third-order valence-corrected chi connectivity index (χ3v) is 5.27.